The van der Waals surface area contributed by atoms with E-state index in [0.29, 0.717) is 12.3 Å². The number of hydrogen-bond acceptors (Lipinski definition) is 1. The average Bonchev–Trinajstić information content (AvgIpc) is 2.06. The van der Waals surface area contributed by atoms with Crippen LogP contribution in [0.15, 0.2) is 24.3 Å². The minimum absolute atomic E-state index is 0.365. The summed E-state index contributed by atoms with van der Waals surface area (Å²) in [6, 6.07) is 0. The van der Waals surface area contributed by atoms with Crippen molar-refractivity contribution in [3.8, 4) is 0 Å². The summed E-state index contributed by atoms with van der Waals surface area (Å²) >= 11 is 0. The van der Waals surface area contributed by atoms with E-state index in [9.17, 15) is 4.79 Å². The Balaban J connectivity index is 2.91. The maximum Gasteiger partial charge on any atom is 0.317 e. The SMILES string of the molecule is CCC1(C(=O)O)C=CC(C)C=C1. The molecule has 0 amide bonds. The summed E-state index contributed by atoms with van der Waals surface area (Å²) in [6.07, 6.45) is 8.08. The van der Waals surface area contributed by atoms with Crippen molar-refractivity contribution in [1.82, 2.24) is 0 Å². The first-order chi connectivity index (χ1) is 5.60. The molecule has 0 saturated heterocycles. The maximum absolute atomic E-state index is 10.9. The molecule has 12 heavy (non-hydrogen) atoms. The Morgan fingerprint density at radius 2 is 2.00 bits per heavy atom. The van der Waals surface area contributed by atoms with Crippen LogP contribution < -0.4 is 0 Å². The van der Waals surface area contributed by atoms with Crippen LogP contribution in [0, 0.1) is 11.3 Å². The predicted molar refractivity (Wildman–Crippen MR) is 47.8 cm³/mol. The van der Waals surface area contributed by atoms with Crippen molar-refractivity contribution in [2.45, 2.75) is 20.3 Å². The lowest BCUT2D eigenvalue weighted by molar-refractivity contribution is -0.143. The van der Waals surface area contributed by atoms with Gasteiger partial charge in [-0.25, -0.2) is 0 Å². The van der Waals surface area contributed by atoms with Gasteiger partial charge in [-0.2, -0.15) is 0 Å². The first-order valence-electron chi connectivity index (χ1n) is 4.23. The molecule has 0 saturated carbocycles. The maximum atomic E-state index is 10.9. The third-order valence-electron chi connectivity index (χ3n) is 2.38. The van der Waals surface area contributed by atoms with Gasteiger partial charge in [-0.1, -0.05) is 38.2 Å². The standard InChI is InChI=1S/C10H14O2/c1-3-10(9(11)12)6-4-8(2)5-7-10/h4-8H,3H2,1-2H3,(H,11,12). The van der Waals surface area contributed by atoms with Gasteiger partial charge in [-0.3, -0.25) is 4.79 Å². The molecular weight excluding hydrogens is 152 g/mol. The normalized spacial score (nSPS) is 33.7. The Morgan fingerprint density at radius 1 is 1.50 bits per heavy atom. The van der Waals surface area contributed by atoms with E-state index in [2.05, 4.69) is 0 Å². The molecule has 0 heterocycles. The van der Waals surface area contributed by atoms with E-state index in [1.54, 1.807) is 12.2 Å². The molecule has 0 aromatic heterocycles. The molecule has 0 bridgehead atoms. The van der Waals surface area contributed by atoms with Gasteiger partial charge >= 0.3 is 5.97 Å². The first-order valence-corrected chi connectivity index (χ1v) is 4.23. The van der Waals surface area contributed by atoms with Gasteiger partial charge < -0.3 is 5.11 Å². The molecule has 1 aliphatic carbocycles. The van der Waals surface area contributed by atoms with Crippen molar-refractivity contribution in [2.75, 3.05) is 0 Å². The number of carboxylic acid groups (broad SMARTS) is 1. The lowest BCUT2D eigenvalue weighted by atomic mass is 9.80. The Hall–Kier alpha value is -1.05. The molecule has 1 aliphatic rings. The van der Waals surface area contributed by atoms with E-state index < -0.39 is 11.4 Å². The molecular formula is C10H14O2. The third kappa shape index (κ3) is 1.42. The second-order valence-electron chi connectivity index (χ2n) is 3.28. The van der Waals surface area contributed by atoms with Gasteiger partial charge in [0.25, 0.3) is 0 Å². The number of carboxylic acids is 1. The summed E-state index contributed by atoms with van der Waals surface area (Å²) in [6.45, 7) is 3.92. The Morgan fingerprint density at radius 3 is 2.33 bits per heavy atom. The summed E-state index contributed by atoms with van der Waals surface area (Å²) < 4.78 is 0. The second-order valence-corrected chi connectivity index (χ2v) is 3.28. The molecule has 1 rings (SSSR count). The van der Waals surface area contributed by atoms with Crippen LogP contribution in [0.25, 0.3) is 0 Å². The van der Waals surface area contributed by atoms with Gasteiger partial charge in [0, 0.05) is 0 Å². The lowest BCUT2D eigenvalue weighted by Gasteiger charge is -2.24. The van der Waals surface area contributed by atoms with E-state index in [0.717, 1.165) is 0 Å². The molecule has 0 aliphatic heterocycles. The number of hydrogen-bond donors (Lipinski definition) is 1. The van der Waals surface area contributed by atoms with E-state index >= 15 is 0 Å². The zero-order chi connectivity index (χ0) is 9.19. The summed E-state index contributed by atoms with van der Waals surface area (Å²) in [5, 5.41) is 8.97. The quantitative estimate of drug-likeness (QED) is 0.639. The molecule has 0 radical (unpaired) electrons. The molecule has 2 nitrogen and oxygen atoms in total. The summed E-state index contributed by atoms with van der Waals surface area (Å²) in [4.78, 5) is 10.9. The van der Waals surface area contributed by atoms with Gasteiger partial charge in [-0.05, 0) is 12.3 Å². The zero-order valence-corrected chi connectivity index (χ0v) is 7.45. The molecule has 1 N–H and O–H groups in total. The zero-order valence-electron chi connectivity index (χ0n) is 7.45. The second kappa shape index (κ2) is 3.13. The summed E-state index contributed by atoms with van der Waals surface area (Å²) in [7, 11) is 0. The Bertz CT molecular complexity index is 224. The van der Waals surface area contributed by atoms with Gasteiger partial charge in [0.05, 0.1) is 0 Å². The fraction of sp³-hybridized carbons (Fsp3) is 0.500. The van der Waals surface area contributed by atoms with Crippen LogP contribution >= 0.6 is 0 Å². The fourth-order valence-electron chi connectivity index (χ4n) is 1.30. The van der Waals surface area contributed by atoms with Gasteiger partial charge in [0.15, 0.2) is 0 Å². The molecule has 0 fully saturated rings. The van der Waals surface area contributed by atoms with Crippen LogP contribution in [0.5, 0.6) is 0 Å². The molecule has 66 valence electrons. The van der Waals surface area contributed by atoms with Gasteiger partial charge in [-0.15, -0.1) is 0 Å². The molecule has 0 spiro atoms. The Labute approximate surface area is 72.6 Å². The predicted octanol–water partition coefficient (Wildman–Crippen LogP) is 2.23. The summed E-state index contributed by atoms with van der Waals surface area (Å²) in [5.74, 6) is -0.395. The number of carbonyl (C=O) groups is 1. The van der Waals surface area contributed by atoms with E-state index in [4.69, 9.17) is 5.11 Å². The monoisotopic (exact) mass is 166 g/mol. The van der Waals surface area contributed by atoms with E-state index in [1.807, 2.05) is 26.0 Å². The molecule has 0 aromatic rings. The molecule has 0 aromatic carbocycles. The van der Waals surface area contributed by atoms with Crippen LogP contribution in [-0.2, 0) is 4.79 Å². The topological polar surface area (TPSA) is 37.3 Å². The van der Waals surface area contributed by atoms with Crippen molar-refractivity contribution >= 4 is 5.97 Å². The van der Waals surface area contributed by atoms with Crippen LogP contribution in [0.1, 0.15) is 20.3 Å². The smallest absolute Gasteiger partial charge is 0.317 e. The van der Waals surface area contributed by atoms with E-state index in [-0.39, 0.29) is 0 Å². The minimum atomic E-state index is -0.760. The van der Waals surface area contributed by atoms with Crippen LogP contribution in [0.3, 0.4) is 0 Å². The van der Waals surface area contributed by atoms with Crippen molar-refractivity contribution in [3.05, 3.63) is 24.3 Å². The number of aliphatic carboxylic acids is 1. The third-order valence-corrected chi connectivity index (χ3v) is 2.38. The summed E-state index contributed by atoms with van der Waals surface area (Å²) in [5.41, 5.74) is -0.744. The van der Waals surface area contributed by atoms with Crippen LogP contribution in [0.2, 0.25) is 0 Å². The molecule has 0 atom stereocenters. The Kier molecular flexibility index (Phi) is 2.36. The van der Waals surface area contributed by atoms with E-state index in [1.165, 1.54) is 0 Å². The minimum Gasteiger partial charge on any atom is -0.480 e. The van der Waals surface area contributed by atoms with Gasteiger partial charge in [0.2, 0.25) is 0 Å². The van der Waals surface area contributed by atoms with Crippen LogP contribution in [-0.4, -0.2) is 11.1 Å². The van der Waals surface area contributed by atoms with Crippen molar-refractivity contribution in [2.24, 2.45) is 11.3 Å². The van der Waals surface area contributed by atoms with Crippen molar-refractivity contribution in [1.29, 1.82) is 0 Å². The van der Waals surface area contributed by atoms with Gasteiger partial charge in [0.1, 0.15) is 5.41 Å². The van der Waals surface area contributed by atoms with Crippen molar-refractivity contribution in [3.63, 3.8) is 0 Å². The first kappa shape index (κ1) is 9.04. The fourth-order valence-corrected chi connectivity index (χ4v) is 1.30. The lowest BCUT2D eigenvalue weighted by Crippen LogP contribution is -2.27. The molecule has 0 unspecified atom stereocenters. The van der Waals surface area contributed by atoms with Crippen LogP contribution in [0.4, 0.5) is 0 Å². The average molecular weight is 166 g/mol. The highest BCUT2D eigenvalue weighted by Crippen LogP contribution is 2.30. The largest absolute Gasteiger partial charge is 0.480 e. The molecule has 2 heteroatoms. The number of rotatable bonds is 2. The number of allylic oxidation sites excluding steroid dienone is 2. The van der Waals surface area contributed by atoms with Crippen molar-refractivity contribution < 1.29 is 9.90 Å². The highest BCUT2D eigenvalue weighted by Gasteiger charge is 2.32. The highest BCUT2D eigenvalue weighted by atomic mass is 16.4. The highest BCUT2D eigenvalue weighted by molar-refractivity contribution is 5.80.